The van der Waals surface area contributed by atoms with Crippen LogP contribution in [-0.4, -0.2) is 40.5 Å². The van der Waals surface area contributed by atoms with Crippen molar-refractivity contribution in [2.45, 2.75) is 31.5 Å². The first-order chi connectivity index (χ1) is 13.2. The molecule has 7 heteroatoms. The van der Waals surface area contributed by atoms with Crippen molar-refractivity contribution < 1.29 is 14.4 Å². The van der Waals surface area contributed by atoms with E-state index in [1.165, 1.54) is 5.06 Å². The number of hydrogen-bond donors (Lipinski definition) is 2. The molecule has 2 aliphatic heterocycles. The highest BCUT2D eigenvalue weighted by Gasteiger charge is 2.47. The van der Waals surface area contributed by atoms with E-state index < -0.39 is 6.04 Å². The minimum atomic E-state index is -0.490. The Hall–Kier alpha value is -3.06. The smallest absolute Gasteiger partial charge is 0.309 e. The quantitative estimate of drug-likeness (QED) is 0.771. The molecule has 2 fully saturated rings. The zero-order chi connectivity index (χ0) is 18.6. The molecule has 2 N–H and O–H groups in total. The summed E-state index contributed by atoms with van der Waals surface area (Å²) in [5.74, 6) is -0.212. The van der Waals surface area contributed by atoms with Gasteiger partial charge in [-0.3, -0.25) is 20.5 Å². The van der Waals surface area contributed by atoms with Gasteiger partial charge in [0, 0.05) is 6.54 Å². The number of hydrazine groups is 1. The number of hydroxylamine groups is 2. The molecule has 3 amide bonds. The van der Waals surface area contributed by atoms with Gasteiger partial charge in [-0.2, -0.15) is 5.06 Å². The molecule has 0 aromatic heterocycles. The zero-order valence-electron chi connectivity index (χ0n) is 14.9. The zero-order valence-corrected chi connectivity index (χ0v) is 14.9. The lowest BCUT2D eigenvalue weighted by Gasteiger charge is -2.29. The molecular weight excluding hydrogens is 344 g/mol. The van der Waals surface area contributed by atoms with Gasteiger partial charge in [-0.05, 0) is 30.5 Å². The second-order valence-electron chi connectivity index (χ2n) is 6.75. The van der Waals surface area contributed by atoms with Crippen molar-refractivity contribution in [1.82, 2.24) is 15.4 Å². The van der Waals surface area contributed by atoms with E-state index in [1.807, 2.05) is 60.7 Å². The Morgan fingerprint density at radius 3 is 2.48 bits per heavy atom. The summed E-state index contributed by atoms with van der Waals surface area (Å²) in [4.78, 5) is 32.7. The summed E-state index contributed by atoms with van der Waals surface area (Å²) >= 11 is 0. The number of amides is 3. The molecule has 2 aliphatic rings. The minimum absolute atomic E-state index is 0.00709. The second kappa shape index (κ2) is 7.67. The molecule has 0 aliphatic carbocycles. The first-order valence-electron chi connectivity index (χ1n) is 9.10. The van der Waals surface area contributed by atoms with Crippen LogP contribution in [0.2, 0.25) is 0 Å². The van der Waals surface area contributed by atoms with E-state index in [-0.39, 0.29) is 18.0 Å². The predicted molar refractivity (Wildman–Crippen MR) is 100 cm³/mol. The standard InChI is InChI=1S/C20H22N4O3/c25-19(22-21-16-9-5-2-6-10-16)18-12-11-17-13-23(18)20(26)24(17)27-14-15-7-3-1-4-8-15/h1-10,17-18,21H,11-14H2,(H,22,25)/t17-,18+/m1/s1. The van der Waals surface area contributed by atoms with Crippen LogP contribution in [-0.2, 0) is 16.2 Å². The topological polar surface area (TPSA) is 73.9 Å². The Balaban J connectivity index is 1.35. The maximum atomic E-state index is 12.7. The average Bonchev–Trinajstić information content (AvgIpc) is 2.96. The molecule has 0 radical (unpaired) electrons. The Morgan fingerprint density at radius 2 is 1.74 bits per heavy atom. The summed E-state index contributed by atoms with van der Waals surface area (Å²) in [5, 5.41) is 1.44. The van der Waals surface area contributed by atoms with Gasteiger partial charge in [-0.25, -0.2) is 4.79 Å². The second-order valence-corrected chi connectivity index (χ2v) is 6.75. The number of fused-ring (bicyclic) bond motifs is 2. The number of nitrogens with zero attached hydrogens (tertiary/aromatic N) is 2. The lowest BCUT2D eigenvalue weighted by molar-refractivity contribution is -0.140. The molecule has 0 unspecified atom stereocenters. The first kappa shape index (κ1) is 17.4. The fourth-order valence-corrected chi connectivity index (χ4v) is 3.53. The Kier molecular flexibility index (Phi) is 4.93. The third kappa shape index (κ3) is 3.73. The summed E-state index contributed by atoms with van der Waals surface area (Å²) in [5.41, 5.74) is 7.39. The van der Waals surface area contributed by atoms with Crippen molar-refractivity contribution in [3.05, 3.63) is 66.2 Å². The molecule has 2 aromatic rings. The van der Waals surface area contributed by atoms with Gasteiger partial charge in [0.2, 0.25) is 0 Å². The molecule has 140 valence electrons. The van der Waals surface area contributed by atoms with Gasteiger partial charge >= 0.3 is 6.03 Å². The summed E-state index contributed by atoms with van der Waals surface area (Å²) in [7, 11) is 0. The van der Waals surface area contributed by atoms with Crippen LogP contribution in [0.15, 0.2) is 60.7 Å². The molecule has 2 bridgehead atoms. The van der Waals surface area contributed by atoms with Crippen LogP contribution < -0.4 is 10.9 Å². The Labute approximate surface area is 157 Å². The van der Waals surface area contributed by atoms with E-state index in [0.717, 1.165) is 17.7 Å². The number of carbonyl (C=O) groups excluding carboxylic acids is 2. The number of carbonyl (C=O) groups is 2. The normalized spacial score (nSPS) is 21.3. The summed E-state index contributed by atoms with van der Waals surface area (Å²) in [6.45, 7) is 0.848. The minimum Gasteiger partial charge on any atom is -0.309 e. The van der Waals surface area contributed by atoms with E-state index in [0.29, 0.717) is 19.6 Å². The van der Waals surface area contributed by atoms with E-state index in [2.05, 4.69) is 10.9 Å². The van der Waals surface area contributed by atoms with E-state index >= 15 is 0 Å². The van der Waals surface area contributed by atoms with Crippen LogP contribution in [0.4, 0.5) is 10.5 Å². The van der Waals surface area contributed by atoms with Gasteiger partial charge in [0.15, 0.2) is 0 Å². The third-order valence-corrected chi connectivity index (χ3v) is 4.94. The molecule has 0 saturated carbocycles. The fourth-order valence-electron chi connectivity index (χ4n) is 3.53. The van der Waals surface area contributed by atoms with Gasteiger partial charge in [-0.15, -0.1) is 0 Å². The molecule has 2 heterocycles. The van der Waals surface area contributed by atoms with E-state index in [9.17, 15) is 9.59 Å². The van der Waals surface area contributed by atoms with Crippen LogP contribution in [0.5, 0.6) is 0 Å². The van der Waals surface area contributed by atoms with Crippen LogP contribution in [0.25, 0.3) is 0 Å². The monoisotopic (exact) mass is 366 g/mol. The van der Waals surface area contributed by atoms with Gasteiger partial charge in [-0.1, -0.05) is 48.5 Å². The first-order valence-corrected chi connectivity index (χ1v) is 9.10. The summed E-state index contributed by atoms with van der Waals surface area (Å²) < 4.78 is 0. The summed E-state index contributed by atoms with van der Waals surface area (Å²) in [6.07, 6.45) is 1.35. The molecule has 2 saturated heterocycles. The number of nitrogens with one attached hydrogen (secondary N) is 2. The number of rotatable bonds is 6. The highest BCUT2D eigenvalue weighted by atomic mass is 16.7. The predicted octanol–water partition coefficient (Wildman–Crippen LogP) is 2.53. The maximum absolute atomic E-state index is 12.7. The van der Waals surface area contributed by atoms with Gasteiger partial charge < -0.3 is 4.90 Å². The number of para-hydroxylation sites is 1. The number of urea groups is 1. The fraction of sp³-hybridized carbons (Fsp3) is 0.300. The number of benzene rings is 2. The number of hydrogen-bond acceptors (Lipinski definition) is 4. The van der Waals surface area contributed by atoms with Gasteiger partial charge in [0.25, 0.3) is 5.91 Å². The maximum Gasteiger partial charge on any atom is 0.345 e. The number of piperidine rings is 1. The van der Waals surface area contributed by atoms with E-state index in [4.69, 9.17) is 4.84 Å². The highest BCUT2D eigenvalue weighted by molar-refractivity contribution is 5.89. The molecular formula is C20H22N4O3. The average molecular weight is 366 g/mol. The van der Waals surface area contributed by atoms with Crippen molar-refractivity contribution in [1.29, 1.82) is 0 Å². The van der Waals surface area contributed by atoms with Crippen LogP contribution >= 0.6 is 0 Å². The summed E-state index contributed by atoms with van der Waals surface area (Å²) in [6, 6.07) is 18.4. The van der Waals surface area contributed by atoms with Crippen molar-refractivity contribution in [3.8, 4) is 0 Å². The lowest BCUT2D eigenvalue weighted by atomic mass is 10.0. The largest absolute Gasteiger partial charge is 0.345 e. The van der Waals surface area contributed by atoms with Crippen molar-refractivity contribution in [3.63, 3.8) is 0 Å². The van der Waals surface area contributed by atoms with E-state index in [1.54, 1.807) is 4.90 Å². The Morgan fingerprint density at radius 1 is 1.04 bits per heavy atom. The number of anilines is 1. The SMILES string of the molecule is O=C(NNc1ccccc1)[C@@H]1CC[C@@H]2CN1C(=O)N2OCc1ccccc1. The third-order valence-electron chi connectivity index (χ3n) is 4.94. The van der Waals surface area contributed by atoms with Crippen molar-refractivity contribution >= 4 is 17.6 Å². The van der Waals surface area contributed by atoms with Gasteiger partial charge in [0.05, 0.1) is 11.7 Å². The molecule has 2 aromatic carbocycles. The highest BCUT2D eigenvalue weighted by Crippen LogP contribution is 2.30. The molecule has 7 nitrogen and oxygen atoms in total. The lowest BCUT2D eigenvalue weighted by Crippen LogP contribution is -2.51. The Bertz CT molecular complexity index is 799. The van der Waals surface area contributed by atoms with Crippen LogP contribution in [0.3, 0.4) is 0 Å². The van der Waals surface area contributed by atoms with Crippen molar-refractivity contribution in [2.24, 2.45) is 0 Å². The molecule has 27 heavy (non-hydrogen) atoms. The van der Waals surface area contributed by atoms with Crippen LogP contribution in [0, 0.1) is 0 Å². The van der Waals surface area contributed by atoms with Gasteiger partial charge in [0.1, 0.15) is 12.6 Å². The molecule has 4 rings (SSSR count). The van der Waals surface area contributed by atoms with Crippen molar-refractivity contribution in [2.75, 3.05) is 12.0 Å². The molecule has 0 spiro atoms. The molecule has 2 atom stereocenters. The van der Waals surface area contributed by atoms with Crippen LogP contribution in [0.1, 0.15) is 18.4 Å².